The summed E-state index contributed by atoms with van der Waals surface area (Å²) in [6.07, 6.45) is 0. The van der Waals surface area contributed by atoms with Crippen molar-refractivity contribution < 1.29 is 22.6 Å². The second-order valence-corrected chi connectivity index (χ2v) is 5.68. The van der Waals surface area contributed by atoms with E-state index < -0.39 is 26.6 Å². The zero-order chi connectivity index (χ0) is 14.5. The molecule has 0 aliphatic heterocycles. The first kappa shape index (κ1) is 12.7. The Hall–Kier alpha value is -2.31. The Morgan fingerprint density at radius 2 is 1.30 bits per heavy atom. The Balaban J connectivity index is 2.40. The molecule has 0 N–H and O–H groups in total. The Labute approximate surface area is 114 Å². The monoisotopic (exact) mass is 287 g/mol. The van der Waals surface area contributed by atoms with E-state index in [-0.39, 0.29) is 22.3 Å². The van der Waals surface area contributed by atoms with Crippen LogP contribution in [0.4, 0.5) is 0 Å². The van der Waals surface area contributed by atoms with E-state index in [9.17, 15) is 22.6 Å². The Morgan fingerprint density at radius 3 is 1.90 bits per heavy atom. The smallest absolute Gasteiger partial charge is 0.195 e. The molecule has 0 heterocycles. The molecule has 0 fully saturated rings. The van der Waals surface area contributed by atoms with Gasteiger partial charge in [0.05, 0.1) is 10.5 Å². The quantitative estimate of drug-likeness (QED) is 0.630. The second kappa shape index (κ2) is 4.09. The van der Waals surface area contributed by atoms with Crippen LogP contribution in [0.3, 0.4) is 0 Å². The van der Waals surface area contributed by atoms with Gasteiger partial charge >= 0.3 is 0 Å². The zero-order valence-corrected chi connectivity index (χ0v) is 10.8. The Bertz CT molecular complexity index is 865. The lowest BCUT2D eigenvalue weighted by Gasteiger charge is -2.20. The maximum absolute atomic E-state index is 12.4. The van der Waals surface area contributed by atoms with Gasteiger partial charge in [-0.1, -0.05) is 36.4 Å². The normalized spacial score (nSPS) is 13.8. The molecule has 0 saturated heterocycles. The summed E-state index contributed by atoms with van der Waals surface area (Å²) >= 11 is 0. The van der Waals surface area contributed by atoms with Crippen molar-refractivity contribution in [3.05, 3.63) is 64.7 Å². The number of ketones is 2. The molecule has 0 atom stereocenters. The van der Waals surface area contributed by atoms with Crippen molar-refractivity contribution in [2.24, 2.45) is 0 Å². The maximum Gasteiger partial charge on any atom is 0.195 e. The first-order valence-electron chi connectivity index (χ1n) is 5.68. The molecule has 0 spiro atoms. The molecule has 0 unspecified atom stereocenters. The molecule has 1 aliphatic rings. The first-order chi connectivity index (χ1) is 9.41. The summed E-state index contributed by atoms with van der Waals surface area (Å²) in [5.74, 6) is -1.08. The third kappa shape index (κ3) is 1.70. The van der Waals surface area contributed by atoms with Gasteiger partial charge in [0.2, 0.25) is 0 Å². The van der Waals surface area contributed by atoms with Gasteiger partial charge in [0.15, 0.2) is 11.6 Å². The molecule has 5 nitrogen and oxygen atoms in total. The average molecular weight is 287 g/mol. The topological polar surface area (TPSA) is 91.3 Å². The summed E-state index contributed by atoms with van der Waals surface area (Å²) in [6.45, 7) is 0. The number of hydrogen-bond donors (Lipinski definition) is 0. The van der Waals surface area contributed by atoms with Crippen LogP contribution in [0.25, 0.3) is 0 Å². The summed E-state index contributed by atoms with van der Waals surface area (Å²) in [4.78, 5) is 24.0. The van der Waals surface area contributed by atoms with Gasteiger partial charge in [-0.25, -0.2) is 8.42 Å². The molecule has 0 aromatic heterocycles. The van der Waals surface area contributed by atoms with Crippen molar-refractivity contribution >= 4 is 21.7 Å². The lowest BCUT2D eigenvalue weighted by atomic mass is 9.84. The van der Waals surface area contributed by atoms with Crippen LogP contribution in [0.2, 0.25) is 0 Å². The highest BCUT2D eigenvalue weighted by molar-refractivity contribution is 7.85. The predicted molar refractivity (Wildman–Crippen MR) is 67.7 cm³/mol. The average Bonchev–Trinajstić information content (AvgIpc) is 2.43. The van der Waals surface area contributed by atoms with Crippen LogP contribution >= 0.6 is 0 Å². The highest BCUT2D eigenvalue weighted by atomic mass is 32.2. The van der Waals surface area contributed by atoms with E-state index in [4.69, 9.17) is 0 Å². The second-order valence-electron chi connectivity index (χ2n) is 4.34. The van der Waals surface area contributed by atoms with Crippen molar-refractivity contribution in [3.8, 4) is 0 Å². The predicted octanol–water partition coefficient (Wildman–Crippen LogP) is 1.37. The van der Waals surface area contributed by atoms with Crippen molar-refractivity contribution in [3.63, 3.8) is 0 Å². The van der Waals surface area contributed by atoms with Gasteiger partial charge in [-0.05, 0) is 6.07 Å². The molecule has 0 bridgehead atoms. The van der Waals surface area contributed by atoms with Crippen LogP contribution in [0, 0.1) is 0 Å². The lowest BCUT2D eigenvalue weighted by Crippen LogP contribution is -2.23. The molecular formula is C14H7O5S-. The van der Waals surface area contributed by atoms with Crippen LogP contribution < -0.4 is 0 Å². The number of carbonyl (C=O) groups excluding carboxylic acids is 2. The number of benzene rings is 2. The Kier molecular flexibility index (Phi) is 2.60. The van der Waals surface area contributed by atoms with E-state index in [0.29, 0.717) is 0 Å². The summed E-state index contributed by atoms with van der Waals surface area (Å²) in [5, 5.41) is 0. The van der Waals surface area contributed by atoms with Crippen molar-refractivity contribution in [2.45, 2.75) is 4.90 Å². The maximum atomic E-state index is 12.4. The lowest BCUT2D eigenvalue weighted by molar-refractivity contribution is 0.0976. The zero-order valence-electron chi connectivity index (χ0n) is 9.99. The van der Waals surface area contributed by atoms with Gasteiger partial charge in [-0.3, -0.25) is 9.59 Å². The number of rotatable bonds is 1. The largest absolute Gasteiger partial charge is 0.744 e. The molecule has 2 aromatic carbocycles. The minimum atomic E-state index is -4.83. The molecule has 0 amide bonds. The van der Waals surface area contributed by atoms with E-state index in [1.165, 1.54) is 24.3 Å². The molecule has 6 heteroatoms. The third-order valence-electron chi connectivity index (χ3n) is 3.18. The number of carbonyl (C=O) groups is 2. The highest BCUT2D eigenvalue weighted by Gasteiger charge is 2.32. The van der Waals surface area contributed by atoms with Crippen LogP contribution in [-0.2, 0) is 10.1 Å². The van der Waals surface area contributed by atoms with Crippen LogP contribution in [-0.4, -0.2) is 24.5 Å². The van der Waals surface area contributed by atoms with Crippen LogP contribution in [0.15, 0.2) is 47.4 Å². The molecule has 20 heavy (non-hydrogen) atoms. The van der Waals surface area contributed by atoms with E-state index in [1.807, 2.05) is 0 Å². The SMILES string of the molecule is O=C1c2ccccc2C(=O)c2c1cccc2S(=O)(=O)[O-]. The third-order valence-corrected chi connectivity index (χ3v) is 4.06. The van der Waals surface area contributed by atoms with Gasteiger partial charge in [0, 0.05) is 16.7 Å². The summed E-state index contributed by atoms with van der Waals surface area (Å²) in [7, 11) is -4.83. The van der Waals surface area contributed by atoms with Gasteiger partial charge in [0.1, 0.15) is 10.1 Å². The Morgan fingerprint density at radius 1 is 0.750 bits per heavy atom. The van der Waals surface area contributed by atoms with Gasteiger partial charge in [0.25, 0.3) is 0 Å². The van der Waals surface area contributed by atoms with Gasteiger partial charge in [-0.15, -0.1) is 0 Å². The summed E-state index contributed by atoms with van der Waals surface area (Å²) < 4.78 is 33.7. The van der Waals surface area contributed by atoms with Crippen molar-refractivity contribution in [2.75, 3.05) is 0 Å². The summed E-state index contributed by atoms with van der Waals surface area (Å²) in [5.41, 5.74) is -0.0524. The fourth-order valence-corrected chi connectivity index (χ4v) is 3.02. The van der Waals surface area contributed by atoms with E-state index in [1.54, 1.807) is 12.1 Å². The standard InChI is InChI=1S/C14H8O5S/c15-13-8-4-1-2-5-9(8)14(16)12-10(13)6-3-7-11(12)20(17,18)19/h1-7H,(H,17,18,19)/p-1. The fourth-order valence-electron chi connectivity index (χ4n) is 2.32. The van der Waals surface area contributed by atoms with Gasteiger partial charge in [-0.2, -0.15) is 0 Å². The molecule has 2 aromatic rings. The summed E-state index contributed by atoms with van der Waals surface area (Å²) in [6, 6.07) is 9.79. The van der Waals surface area contributed by atoms with E-state index in [0.717, 1.165) is 6.07 Å². The van der Waals surface area contributed by atoms with Crippen molar-refractivity contribution in [1.82, 2.24) is 0 Å². The van der Waals surface area contributed by atoms with Crippen LogP contribution in [0.5, 0.6) is 0 Å². The fraction of sp³-hybridized carbons (Fsp3) is 0. The van der Waals surface area contributed by atoms with Crippen molar-refractivity contribution in [1.29, 1.82) is 0 Å². The molecule has 0 saturated carbocycles. The number of hydrogen-bond acceptors (Lipinski definition) is 5. The van der Waals surface area contributed by atoms with E-state index >= 15 is 0 Å². The molecule has 0 radical (unpaired) electrons. The van der Waals surface area contributed by atoms with Gasteiger partial charge < -0.3 is 4.55 Å². The minimum absolute atomic E-state index is 0.0503. The minimum Gasteiger partial charge on any atom is -0.744 e. The molecule has 100 valence electrons. The number of fused-ring (bicyclic) bond motifs is 2. The molecule has 3 rings (SSSR count). The van der Waals surface area contributed by atoms with Crippen LogP contribution in [0.1, 0.15) is 31.8 Å². The van der Waals surface area contributed by atoms with E-state index in [2.05, 4.69) is 0 Å². The molecule has 1 aliphatic carbocycles. The first-order valence-corrected chi connectivity index (χ1v) is 7.09. The molecular weight excluding hydrogens is 280 g/mol. The highest BCUT2D eigenvalue weighted by Crippen LogP contribution is 2.31.